The number of halogens is 4. The standard InChI is InChI=1S/C8H7BrF3NO3/c9-2-4-1-6(15)7(5(3-14)13-4)16-8(10,11)12/h1,14H,2-3H2,(H,13,15). The van der Waals surface area contributed by atoms with Crippen LogP contribution in [0.2, 0.25) is 0 Å². The number of pyridine rings is 1. The molecule has 0 aliphatic heterocycles. The molecule has 0 bridgehead atoms. The fourth-order valence-electron chi connectivity index (χ4n) is 1.07. The van der Waals surface area contributed by atoms with E-state index in [0.29, 0.717) is 5.69 Å². The van der Waals surface area contributed by atoms with E-state index >= 15 is 0 Å². The molecule has 1 rings (SSSR count). The van der Waals surface area contributed by atoms with Crippen LogP contribution < -0.4 is 10.2 Å². The normalized spacial score (nSPS) is 11.6. The van der Waals surface area contributed by atoms with Crippen LogP contribution in [0, 0.1) is 0 Å². The molecule has 8 heteroatoms. The van der Waals surface area contributed by atoms with E-state index < -0.39 is 24.1 Å². The van der Waals surface area contributed by atoms with E-state index in [1.807, 2.05) is 0 Å². The number of hydrogen-bond donors (Lipinski definition) is 2. The quantitative estimate of drug-likeness (QED) is 0.835. The Kier molecular flexibility index (Phi) is 3.98. The maximum Gasteiger partial charge on any atom is 0.573 e. The molecule has 16 heavy (non-hydrogen) atoms. The van der Waals surface area contributed by atoms with Crippen molar-refractivity contribution in [2.45, 2.75) is 18.3 Å². The molecule has 2 N–H and O–H groups in total. The van der Waals surface area contributed by atoms with Gasteiger partial charge in [0, 0.05) is 17.1 Å². The van der Waals surface area contributed by atoms with Gasteiger partial charge in [-0.25, -0.2) is 0 Å². The summed E-state index contributed by atoms with van der Waals surface area (Å²) in [6.45, 7) is -0.749. The second kappa shape index (κ2) is 4.88. The van der Waals surface area contributed by atoms with E-state index in [9.17, 15) is 18.0 Å². The van der Waals surface area contributed by atoms with Gasteiger partial charge in [-0.3, -0.25) is 4.79 Å². The van der Waals surface area contributed by atoms with Crippen LogP contribution in [0.4, 0.5) is 13.2 Å². The molecule has 0 spiro atoms. The van der Waals surface area contributed by atoms with Crippen LogP contribution in [0.25, 0.3) is 0 Å². The van der Waals surface area contributed by atoms with E-state index in [2.05, 4.69) is 25.7 Å². The van der Waals surface area contributed by atoms with Gasteiger partial charge in [-0.2, -0.15) is 0 Å². The van der Waals surface area contributed by atoms with Crippen molar-refractivity contribution in [1.82, 2.24) is 4.98 Å². The highest BCUT2D eigenvalue weighted by Gasteiger charge is 2.33. The van der Waals surface area contributed by atoms with Gasteiger partial charge in [0.1, 0.15) is 0 Å². The van der Waals surface area contributed by atoms with Crippen molar-refractivity contribution in [3.8, 4) is 5.75 Å². The van der Waals surface area contributed by atoms with Crippen LogP contribution in [0.15, 0.2) is 10.9 Å². The first-order valence-corrected chi connectivity index (χ1v) is 5.17. The third kappa shape index (κ3) is 3.24. The number of nitrogens with one attached hydrogen (secondary N) is 1. The van der Waals surface area contributed by atoms with Gasteiger partial charge in [0.15, 0.2) is 5.75 Å². The molecule has 0 aliphatic carbocycles. The van der Waals surface area contributed by atoms with E-state index in [0.717, 1.165) is 6.07 Å². The zero-order chi connectivity index (χ0) is 12.3. The molecule has 0 unspecified atom stereocenters. The Labute approximate surface area is 96.2 Å². The summed E-state index contributed by atoms with van der Waals surface area (Å²) in [5, 5.41) is 9.08. The summed E-state index contributed by atoms with van der Waals surface area (Å²) in [7, 11) is 0. The van der Waals surface area contributed by atoms with Crippen LogP contribution in [-0.4, -0.2) is 16.5 Å². The second-order valence-corrected chi connectivity index (χ2v) is 3.37. The number of alkyl halides is 4. The van der Waals surface area contributed by atoms with Gasteiger partial charge in [-0.15, -0.1) is 13.2 Å². The average Bonchev–Trinajstić information content (AvgIpc) is 2.19. The monoisotopic (exact) mass is 301 g/mol. The number of aliphatic hydroxyl groups is 1. The lowest BCUT2D eigenvalue weighted by molar-refractivity contribution is -0.275. The summed E-state index contributed by atoms with van der Waals surface area (Å²) in [5.74, 6) is -0.931. The Balaban J connectivity index is 3.22. The van der Waals surface area contributed by atoms with Crippen LogP contribution in [-0.2, 0) is 11.9 Å². The molecule has 0 saturated carbocycles. The van der Waals surface area contributed by atoms with Gasteiger partial charge < -0.3 is 14.8 Å². The summed E-state index contributed by atoms with van der Waals surface area (Å²) in [6.07, 6.45) is -4.97. The molecule has 0 radical (unpaired) electrons. The van der Waals surface area contributed by atoms with E-state index in [1.54, 1.807) is 0 Å². The average molecular weight is 302 g/mol. The second-order valence-electron chi connectivity index (χ2n) is 2.81. The molecule has 0 aliphatic rings. The van der Waals surface area contributed by atoms with Gasteiger partial charge >= 0.3 is 6.36 Å². The van der Waals surface area contributed by atoms with Crippen molar-refractivity contribution >= 4 is 15.9 Å². The molecule has 1 aromatic rings. The summed E-state index contributed by atoms with van der Waals surface area (Å²) in [6, 6.07) is 0.967. The zero-order valence-corrected chi connectivity index (χ0v) is 9.35. The molecule has 0 atom stereocenters. The molecular weight excluding hydrogens is 295 g/mol. The van der Waals surface area contributed by atoms with Crippen LogP contribution in [0.3, 0.4) is 0 Å². The summed E-state index contributed by atoms with van der Waals surface area (Å²) < 4.78 is 39.4. The van der Waals surface area contributed by atoms with Gasteiger partial charge in [-0.1, -0.05) is 15.9 Å². The molecule has 0 amide bonds. The fraction of sp³-hybridized carbons (Fsp3) is 0.375. The fourth-order valence-corrected chi connectivity index (χ4v) is 1.37. The van der Waals surface area contributed by atoms with Crippen molar-refractivity contribution in [2.24, 2.45) is 0 Å². The van der Waals surface area contributed by atoms with Crippen molar-refractivity contribution in [3.05, 3.63) is 27.7 Å². The number of rotatable bonds is 3. The smallest absolute Gasteiger partial charge is 0.400 e. The van der Waals surface area contributed by atoms with E-state index in [-0.39, 0.29) is 11.0 Å². The van der Waals surface area contributed by atoms with Gasteiger partial charge in [0.25, 0.3) is 0 Å². The minimum atomic E-state index is -4.97. The number of aromatic nitrogens is 1. The lowest BCUT2D eigenvalue weighted by Gasteiger charge is -2.12. The van der Waals surface area contributed by atoms with Crippen molar-refractivity contribution in [2.75, 3.05) is 0 Å². The summed E-state index contributed by atoms with van der Waals surface area (Å²) >= 11 is 3.03. The summed E-state index contributed by atoms with van der Waals surface area (Å²) in [5.41, 5.74) is -0.891. The molecule has 4 nitrogen and oxygen atoms in total. The SMILES string of the molecule is O=c1cc(CBr)[nH]c(CO)c1OC(F)(F)F. The van der Waals surface area contributed by atoms with Crippen molar-refractivity contribution in [3.63, 3.8) is 0 Å². The molecule has 90 valence electrons. The highest BCUT2D eigenvalue weighted by molar-refractivity contribution is 9.08. The minimum absolute atomic E-state index is 0.252. The predicted octanol–water partition coefficient (Wildman–Crippen LogP) is 1.66. The Hall–Kier alpha value is -1.02. The first-order chi connectivity index (χ1) is 7.37. The molecule has 1 aromatic heterocycles. The number of H-pyrrole nitrogens is 1. The molecule has 1 heterocycles. The maximum absolute atomic E-state index is 12.0. The topological polar surface area (TPSA) is 62.3 Å². The van der Waals surface area contributed by atoms with Crippen molar-refractivity contribution in [1.29, 1.82) is 0 Å². The first kappa shape index (κ1) is 13.0. The van der Waals surface area contributed by atoms with Crippen molar-refractivity contribution < 1.29 is 23.0 Å². The van der Waals surface area contributed by atoms with Crippen LogP contribution in [0.5, 0.6) is 5.75 Å². The Morgan fingerprint density at radius 1 is 1.50 bits per heavy atom. The van der Waals surface area contributed by atoms with Gasteiger partial charge in [0.05, 0.1) is 12.3 Å². The zero-order valence-electron chi connectivity index (χ0n) is 7.77. The lowest BCUT2D eigenvalue weighted by Crippen LogP contribution is -2.24. The Bertz CT molecular complexity index is 430. The highest BCUT2D eigenvalue weighted by atomic mass is 79.9. The molecule has 0 fully saturated rings. The number of ether oxygens (including phenoxy) is 1. The van der Waals surface area contributed by atoms with Gasteiger partial charge in [-0.05, 0) is 0 Å². The van der Waals surface area contributed by atoms with E-state index in [1.165, 1.54) is 0 Å². The molecular formula is C8H7BrF3NO3. The minimum Gasteiger partial charge on any atom is -0.400 e. The lowest BCUT2D eigenvalue weighted by atomic mass is 10.3. The largest absolute Gasteiger partial charge is 0.573 e. The third-order valence-corrected chi connectivity index (χ3v) is 2.24. The number of aliphatic hydroxyl groups excluding tert-OH is 1. The summed E-state index contributed by atoms with van der Waals surface area (Å²) in [4.78, 5) is 13.7. The molecule has 0 saturated heterocycles. The highest BCUT2D eigenvalue weighted by Crippen LogP contribution is 2.22. The number of hydrogen-bond acceptors (Lipinski definition) is 3. The Morgan fingerprint density at radius 3 is 2.56 bits per heavy atom. The number of aromatic amines is 1. The maximum atomic E-state index is 12.0. The Morgan fingerprint density at radius 2 is 2.12 bits per heavy atom. The van der Waals surface area contributed by atoms with E-state index in [4.69, 9.17) is 5.11 Å². The predicted molar refractivity (Wildman–Crippen MR) is 52.3 cm³/mol. The first-order valence-electron chi connectivity index (χ1n) is 4.05. The molecule has 0 aromatic carbocycles. The van der Waals surface area contributed by atoms with Crippen LogP contribution in [0.1, 0.15) is 11.4 Å². The van der Waals surface area contributed by atoms with Crippen LogP contribution >= 0.6 is 15.9 Å². The van der Waals surface area contributed by atoms with Gasteiger partial charge in [0.2, 0.25) is 5.43 Å². The third-order valence-electron chi connectivity index (χ3n) is 1.63.